The Balaban J connectivity index is 2.08. The van der Waals surface area contributed by atoms with E-state index in [0.717, 1.165) is 5.69 Å². The minimum Gasteiger partial charge on any atom is -0.366 e. The van der Waals surface area contributed by atoms with Crippen molar-refractivity contribution in [2.24, 2.45) is 0 Å². The maximum Gasteiger partial charge on any atom is 0.135 e. The van der Waals surface area contributed by atoms with Crippen LogP contribution in [0.2, 0.25) is 0 Å². The molecule has 1 aliphatic heterocycles. The van der Waals surface area contributed by atoms with Crippen molar-refractivity contribution >= 4 is 5.69 Å². The van der Waals surface area contributed by atoms with Gasteiger partial charge in [-0.05, 0) is 12.1 Å². The molecule has 1 heterocycles. The van der Waals surface area contributed by atoms with Gasteiger partial charge in [0.15, 0.2) is 0 Å². The summed E-state index contributed by atoms with van der Waals surface area (Å²) in [5.74, 6) is 0. The first kappa shape index (κ1) is 6.65. The van der Waals surface area contributed by atoms with Gasteiger partial charge in [-0.1, -0.05) is 18.2 Å². The van der Waals surface area contributed by atoms with Crippen molar-refractivity contribution in [3.63, 3.8) is 0 Å². The first-order valence-electron chi connectivity index (χ1n) is 3.80. The van der Waals surface area contributed by atoms with Crippen LogP contribution in [0.5, 0.6) is 0 Å². The van der Waals surface area contributed by atoms with Gasteiger partial charge in [-0.2, -0.15) is 0 Å². The summed E-state index contributed by atoms with van der Waals surface area (Å²) in [5, 5.41) is 0. The molecule has 1 nitrogen and oxygen atoms in total. The normalized spacial score (nSPS) is 18.1. The summed E-state index contributed by atoms with van der Waals surface area (Å²) in [5.41, 5.74) is 1.13. The highest BCUT2D eigenvalue weighted by molar-refractivity contribution is 5.48. The SMILES string of the molecule is FC1CN(c2ccccc2)C1. The van der Waals surface area contributed by atoms with Gasteiger partial charge in [0.2, 0.25) is 0 Å². The van der Waals surface area contributed by atoms with Gasteiger partial charge in [0, 0.05) is 5.69 Å². The molecule has 1 aromatic rings. The minimum absolute atomic E-state index is 0.560. The van der Waals surface area contributed by atoms with Crippen LogP contribution in [0.4, 0.5) is 10.1 Å². The summed E-state index contributed by atoms with van der Waals surface area (Å²) in [6.07, 6.45) is -0.616. The fourth-order valence-electron chi connectivity index (χ4n) is 1.27. The van der Waals surface area contributed by atoms with Gasteiger partial charge in [-0.3, -0.25) is 0 Å². The molecule has 58 valence electrons. The van der Waals surface area contributed by atoms with Crippen molar-refractivity contribution in [2.75, 3.05) is 18.0 Å². The van der Waals surface area contributed by atoms with E-state index < -0.39 is 6.17 Å². The van der Waals surface area contributed by atoms with E-state index in [9.17, 15) is 4.39 Å². The second kappa shape index (κ2) is 2.53. The zero-order chi connectivity index (χ0) is 7.68. The van der Waals surface area contributed by atoms with Crippen molar-refractivity contribution in [3.05, 3.63) is 30.3 Å². The summed E-state index contributed by atoms with van der Waals surface area (Å²) >= 11 is 0. The van der Waals surface area contributed by atoms with Crippen molar-refractivity contribution in [1.29, 1.82) is 0 Å². The molecule has 0 aliphatic carbocycles. The van der Waals surface area contributed by atoms with Crippen molar-refractivity contribution < 1.29 is 4.39 Å². The van der Waals surface area contributed by atoms with Crippen LogP contribution in [-0.2, 0) is 0 Å². The van der Waals surface area contributed by atoms with Crippen LogP contribution >= 0.6 is 0 Å². The van der Waals surface area contributed by atoms with E-state index in [1.165, 1.54) is 0 Å². The molecule has 0 radical (unpaired) electrons. The molecule has 0 amide bonds. The molecule has 11 heavy (non-hydrogen) atoms. The third kappa shape index (κ3) is 1.20. The molecule has 1 saturated heterocycles. The Kier molecular flexibility index (Phi) is 1.53. The van der Waals surface area contributed by atoms with Crippen molar-refractivity contribution in [3.8, 4) is 0 Å². The highest BCUT2D eigenvalue weighted by Gasteiger charge is 2.25. The van der Waals surface area contributed by atoms with Crippen LogP contribution in [0.1, 0.15) is 0 Å². The summed E-state index contributed by atoms with van der Waals surface area (Å²) in [6, 6.07) is 9.93. The quantitative estimate of drug-likeness (QED) is 0.592. The molecule has 0 saturated carbocycles. The molecular formula is C9H10FN. The number of nitrogens with zero attached hydrogens (tertiary/aromatic N) is 1. The Bertz CT molecular complexity index is 229. The highest BCUT2D eigenvalue weighted by atomic mass is 19.1. The Hall–Kier alpha value is -1.05. The first-order chi connectivity index (χ1) is 5.36. The number of halogens is 1. The molecule has 1 aromatic carbocycles. The summed E-state index contributed by atoms with van der Waals surface area (Å²) in [6.45, 7) is 1.12. The van der Waals surface area contributed by atoms with Crippen molar-refractivity contribution in [1.82, 2.24) is 0 Å². The van der Waals surface area contributed by atoms with E-state index in [-0.39, 0.29) is 0 Å². The zero-order valence-corrected chi connectivity index (χ0v) is 6.20. The molecule has 2 heteroatoms. The van der Waals surface area contributed by atoms with E-state index in [2.05, 4.69) is 0 Å². The van der Waals surface area contributed by atoms with Crippen molar-refractivity contribution in [2.45, 2.75) is 6.17 Å². The predicted octanol–water partition coefficient (Wildman–Crippen LogP) is 1.84. The van der Waals surface area contributed by atoms with Crippen LogP contribution in [0, 0.1) is 0 Å². The summed E-state index contributed by atoms with van der Waals surface area (Å²) < 4.78 is 12.4. The van der Waals surface area contributed by atoms with Crippen LogP contribution in [0.25, 0.3) is 0 Å². The predicted molar refractivity (Wildman–Crippen MR) is 43.6 cm³/mol. The maximum atomic E-state index is 12.4. The number of hydrogen-bond acceptors (Lipinski definition) is 1. The van der Waals surface area contributed by atoms with Gasteiger partial charge >= 0.3 is 0 Å². The number of rotatable bonds is 1. The molecule has 0 bridgehead atoms. The van der Waals surface area contributed by atoms with E-state index in [4.69, 9.17) is 0 Å². The average Bonchev–Trinajstić information content (AvgIpc) is 2.01. The molecule has 0 unspecified atom stereocenters. The Morgan fingerprint density at radius 2 is 1.82 bits per heavy atom. The molecule has 2 rings (SSSR count). The van der Waals surface area contributed by atoms with Gasteiger partial charge in [0.1, 0.15) is 6.17 Å². The maximum absolute atomic E-state index is 12.4. The number of anilines is 1. The van der Waals surface area contributed by atoms with E-state index >= 15 is 0 Å². The van der Waals surface area contributed by atoms with Gasteiger partial charge < -0.3 is 4.90 Å². The molecule has 0 atom stereocenters. The fourth-order valence-corrected chi connectivity index (χ4v) is 1.27. The topological polar surface area (TPSA) is 3.24 Å². The van der Waals surface area contributed by atoms with Gasteiger partial charge in [-0.15, -0.1) is 0 Å². The van der Waals surface area contributed by atoms with Gasteiger partial charge in [0.05, 0.1) is 13.1 Å². The molecular weight excluding hydrogens is 141 g/mol. The lowest BCUT2D eigenvalue weighted by molar-refractivity contribution is 0.275. The average molecular weight is 151 g/mol. The Morgan fingerprint density at radius 1 is 1.18 bits per heavy atom. The lowest BCUT2D eigenvalue weighted by Crippen LogP contribution is -2.48. The number of para-hydroxylation sites is 1. The zero-order valence-electron chi connectivity index (χ0n) is 6.20. The highest BCUT2D eigenvalue weighted by Crippen LogP contribution is 2.21. The number of hydrogen-bond donors (Lipinski definition) is 0. The second-order valence-corrected chi connectivity index (χ2v) is 2.84. The van der Waals surface area contributed by atoms with Crippen LogP contribution in [0.15, 0.2) is 30.3 Å². The largest absolute Gasteiger partial charge is 0.366 e. The summed E-state index contributed by atoms with van der Waals surface area (Å²) in [7, 11) is 0. The van der Waals surface area contributed by atoms with E-state index in [0.29, 0.717) is 13.1 Å². The second-order valence-electron chi connectivity index (χ2n) is 2.84. The minimum atomic E-state index is -0.616. The fraction of sp³-hybridized carbons (Fsp3) is 0.333. The van der Waals surface area contributed by atoms with Gasteiger partial charge in [0.25, 0.3) is 0 Å². The molecule has 1 aliphatic rings. The van der Waals surface area contributed by atoms with E-state index in [1.54, 1.807) is 0 Å². The molecule has 0 spiro atoms. The standard InChI is InChI=1S/C9H10FN/c10-8-6-11(7-8)9-4-2-1-3-5-9/h1-5,8H,6-7H2. The molecule has 0 aromatic heterocycles. The number of alkyl halides is 1. The lowest BCUT2D eigenvalue weighted by atomic mass is 10.1. The Morgan fingerprint density at radius 3 is 2.36 bits per heavy atom. The van der Waals surface area contributed by atoms with E-state index in [1.807, 2.05) is 35.2 Å². The van der Waals surface area contributed by atoms with Crippen LogP contribution < -0.4 is 4.90 Å². The third-order valence-corrected chi connectivity index (χ3v) is 1.96. The van der Waals surface area contributed by atoms with Crippen LogP contribution in [0.3, 0.4) is 0 Å². The monoisotopic (exact) mass is 151 g/mol. The molecule has 0 N–H and O–H groups in total. The third-order valence-electron chi connectivity index (χ3n) is 1.96. The first-order valence-corrected chi connectivity index (χ1v) is 3.80. The lowest BCUT2D eigenvalue weighted by Gasteiger charge is -2.36. The van der Waals surface area contributed by atoms with Crippen LogP contribution in [-0.4, -0.2) is 19.3 Å². The number of benzene rings is 1. The Labute approximate surface area is 65.4 Å². The molecule has 1 fully saturated rings. The smallest absolute Gasteiger partial charge is 0.135 e. The summed E-state index contributed by atoms with van der Waals surface area (Å²) in [4.78, 5) is 2.03. The van der Waals surface area contributed by atoms with Gasteiger partial charge in [-0.25, -0.2) is 4.39 Å².